The molecule has 0 aromatic heterocycles. The molecule has 6 heteroatoms. The second kappa shape index (κ2) is 3.38. The van der Waals surface area contributed by atoms with E-state index in [1.54, 1.807) is 13.8 Å². The van der Waals surface area contributed by atoms with E-state index in [1.807, 2.05) is 0 Å². The molecule has 4 atom stereocenters. The zero-order valence-electron chi connectivity index (χ0n) is 8.71. The Morgan fingerprint density at radius 1 is 1.27 bits per heavy atom. The second-order valence-corrected chi connectivity index (χ2v) is 4.36. The van der Waals surface area contributed by atoms with Crippen LogP contribution < -0.4 is 0 Å². The zero-order valence-corrected chi connectivity index (χ0v) is 8.71. The third-order valence-electron chi connectivity index (χ3n) is 2.81. The van der Waals surface area contributed by atoms with Gasteiger partial charge in [0.1, 0.15) is 12.2 Å². The first kappa shape index (κ1) is 11.3. The van der Waals surface area contributed by atoms with Crippen LogP contribution in [-0.4, -0.2) is 58.4 Å². The van der Waals surface area contributed by atoms with Crippen molar-refractivity contribution in [2.24, 2.45) is 0 Å². The van der Waals surface area contributed by atoms with E-state index >= 15 is 0 Å². The number of ether oxygens (including phenoxy) is 3. The molecule has 2 aliphatic rings. The Morgan fingerprint density at radius 3 is 2.47 bits per heavy atom. The van der Waals surface area contributed by atoms with Crippen LogP contribution in [0, 0.1) is 0 Å². The maximum absolute atomic E-state index is 9.69. The van der Waals surface area contributed by atoms with E-state index in [9.17, 15) is 10.2 Å². The minimum Gasteiger partial charge on any atom is -0.394 e. The molecule has 0 radical (unpaired) electrons. The molecule has 1 unspecified atom stereocenters. The molecule has 2 aliphatic heterocycles. The molecule has 2 fully saturated rings. The van der Waals surface area contributed by atoms with E-state index in [4.69, 9.17) is 19.3 Å². The van der Waals surface area contributed by atoms with Gasteiger partial charge in [0.2, 0.25) is 0 Å². The number of hydrogen-bond donors (Lipinski definition) is 3. The van der Waals surface area contributed by atoms with Gasteiger partial charge in [-0.3, -0.25) is 0 Å². The van der Waals surface area contributed by atoms with Crippen LogP contribution in [0.3, 0.4) is 0 Å². The monoisotopic (exact) mass is 220 g/mol. The van der Waals surface area contributed by atoms with Gasteiger partial charge in [-0.15, -0.1) is 0 Å². The van der Waals surface area contributed by atoms with E-state index in [0.29, 0.717) is 0 Å². The average Bonchev–Trinajstić information content (AvgIpc) is 2.58. The normalized spacial score (nSPS) is 48.2. The Balaban J connectivity index is 2.30. The fourth-order valence-electron chi connectivity index (χ4n) is 2.22. The standard InChI is InChI=1S/C9H16O6/c1-8(2)14-6-5(3-10)13-7(12)9(6,4-11)15-8/h5-7,10-12H,3-4H2,1-2H3/t5-,6-,7?,9-/m0/s1. The molecule has 15 heavy (non-hydrogen) atoms. The molecule has 0 amide bonds. The summed E-state index contributed by atoms with van der Waals surface area (Å²) < 4.78 is 16.1. The SMILES string of the molecule is CC1(C)O[C@H]2[C@H](CO)OC(O)[C@@]2(CO)O1. The molecule has 2 saturated heterocycles. The molecule has 3 N–H and O–H groups in total. The van der Waals surface area contributed by atoms with Crippen molar-refractivity contribution in [1.29, 1.82) is 0 Å². The molecule has 0 aromatic rings. The fraction of sp³-hybridized carbons (Fsp3) is 1.00. The fourth-order valence-corrected chi connectivity index (χ4v) is 2.22. The molecule has 0 spiro atoms. The maximum Gasteiger partial charge on any atom is 0.189 e. The summed E-state index contributed by atoms with van der Waals surface area (Å²) in [6.07, 6.45) is -2.61. The molecule has 0 aromatic carbocycles. The molecule has 88 valence electrons. The van der Waals surface area contributed by atoms with Crippen molar-refractivity contribution in [3.8, 4) is 0 Å². The third-order valence-corrected chi connectivity index (χ3v) is 2.81. The molecule has 2 rings (SSSR count). The summed E-state index contributed by atoms with van der Waals surface area (Å²) >= 11 is 0. The van der Waals surface area contributed by atoms with E-state index in [-0.39, 0.29) is 6.61 Å². The van der Waals surface area contributed by atoms with Crippen LogP contribution in [0.5, 0.6) is 0 Å². The van der Waals surface area contributed by atoms with Crippen molar-refractivity contribution in [3.63, 3.8) is 0 Å². The highest BCUT2D eigenvalue weighted by Crippen LogP contribution is 2.45. The Labute approximate surface area is 87.4 Å². The van der Waals surface area contributed by atoms with Crippen molar-refractivity contribution in [1.82, 2.24) is 0 Å². The Hall–Kier alpha value is -0.240. The summed E-state index contributed by atoms with van der Waals surface area (Å²) in [7, 11) is 0. The Kier molecular flexibility index (Phi) is 2.53. The molecular weight excluding hydrogens is 204 g/mol. The van der Waals surface area contributed by atoms with Crippen molar-refractivity contribution < 1.29 is 29.5 Å². The van der Waals surface area contributed by atoms with Crippen molar-refractivity contribution >= 4 is 0 Å². The topological polar surface area (TPSA) is 88.4 Å². The predicted octanol–water partition coefficient (Wildman–Crippen LogP) is -1.42. The second-order valence-electron chi connectivity index (χ2n) is 4.36. The van der Waals surface area contributed by atoms with Gasteiger partial charge < -0.3 is 29.5 Å². The van der Waals surface area contributed by atoms with Gasteiger partial charge in [-0.2, -0.15) is 0 Å². The third kappa shape index (κ3) is 1.49. The van der Waals surface area contributed by atoms with Gasteiger partial charge in [0, 0.05) is 0 Å². The van der Waals surface area contributed by atoms with Crippen LogP contribution in [0.25, 0.3) is 0 Å². The zero-order chi connectivity index (χ0) is 11.3. The predicted molar refractivity (Wildman–Crippen MR) is 47.8 cm³/mol. The lowest BCUT2D eigenvalue weighted by molar-refractivity contribution is -0.254. The summed E-state index contributed by atoms with van der Waals surface area (Å²) in [6.45, 7) is 2.66. The van der Waals surface area contributed by atoms with Crippen LogP contribution in [0.15, 0.2) is 0 Å². The molecular formula is C9H16O6. The number of rotatable bonds is 2. The highest BCUT2D eigenvalue weighted by Gasteiger charge is 2.65. The smallest absolute Gasteiger partial charge is 0.189 e. The van der Waals surface area contributed by atoms with Crippen LogP contribution in [-0.2, 0) is 14.2 Å². The number of fused-ring (bicyclic) bond motifs is 1. The summed E-state index contributed by atoms with van der Waals surface area (Å²) in [6, 6.07) is 0. The van der Waals surface area contributed by atoms with Crippen molar-refractivity contribution in [2.75, 3.05) is 13.2 Å². The van der Waals surface area contributed by atoms with E-state index in [0.717, 1.165) is 0 Å². The van der Waals surface area contributed by atoms with Crippen LogP contribution in [0.1, 0.15) is 13.8 Å². The minimum atomic E-state index is -1.29. The van der Waals surface area contributed by atoms with Crippen LogP contribution >= 0.6 is 0 Å². The van der Waals surface area contributed by atoms with Gasteiger partial charge in [0.25, 0.3) is 0 Å². The van der Waals surface area contributed by atoms with Gasteiger partial charge in [0.05, 0.1) is 13.2 Å². The number of aliphatic hydroxyl groups excluding tert-OH is 3. The average molecular weight is 220 g/mol. The van der Waals surface area contributed by atoms with Crippen molar-refractivity contribution in [2.45, 2.75) is 43.7 Å². The summed E-state index contributed by atoms with van der Waals surface area (Å²) in [4.78, 5) is 0. The van der Waals surface area contributed by atoms with Gasteiger partial charge in [0.15, 0.2) is 17.7 Å². The molecule has 0 bridgehead atoms. The summed E-state index contributed by atoms with van der Waals surface area (Å²) in [5, 5.41) is 28.1. The van der Waals surface area contributed by atoms with Crippen LogP contribution in [0.4, 0.5) is 0 Å². The lowest BCUT2D eigenvalue weighted by Crippen LogP contribution is -2.50. The molecule has 6 nitrogen and oxygen atoms in total. The lowest BCUT2D eigenvalue weighted by atomic mass is 9.96. The highest BCUT2D eigenvalue weighted by molar-refractivity contribution is 5.06. The van der Waals surface area contributed by atoms with Gasteiger partial charge in [-0.05, 0) is 13.8 Å². The van der Waals surface area contributed by atoms with E-state index in [1.165, 1.54) is 0 Å². The molecule has 0 saturated carbocycles. The first-order valence-electron chi connectivity index (χ1n) is 4.88. The minimum absolute atomic E-state index is 0.289. The van der Waals surface area contributed by atoms with Gasteiger partial charge >= 0.3 is 0 Å². The lowest BCUT2D eigenvalue weighted by Gasteiger charge is -2.27. The van der Waals surface area contributed by atoms with E-state index in [2.05, 4.69) is 0 Å². The highest BCUT2D eigenvalue weighted by atomic mass is 16.8. The number of aliphatic hydroxyl groups is 3. The van der Waals surface area contributed by atoms with E-state index < -0.39 is 36.5 Å². The quantitative estimate of drug-likeness (QED) is 0.529. The van der Waals surface area contributed by atoms with Crippen molar-refractivity contribution in [3.05, 3.63) is 0 Å². The first-order valence-corrected chi connectivity index (χ1v) is 4.88. The number of hydrogen-bond acceptors (Lipinski definition) is 6. The summed E-state index contributed by atoms with van der Waals surface area (Å²) in [5.41, 5.74) is -1.28. The summed E-state index contributed by atoms with van der Waals surface area (Å²) in [5.74, 6) is -0.897. The first-order chi connectivity index (χ1) is 6.95. The molecule has 0 aliphatic carbocycles. The van der Waals surface area contributed by atoms with Gasteiger partial charge in [-0.1, -0.05) is 0 Å². The Bertz CT molecular complexity index is 255. The molecule has 2 heterocycles. The van der Waals surface area contributed by atoms with Crippen LogP contribution in [0.2, 0.25) is 0 Å². The van der Waals surface area contributed by atoms with Gasteiger partial charge in [-0.25, -0.2) is 0 Å². The Morgan fingerprint density at radius 2 is 1.93 bits per heavy atom. The maximum atomic E-state index is 9.69. The largest absolute Gasteiger partial charge is 0.394 e.